The van der Waals surface area contributed by atoms with Crippen LogP contribution >= 0.6 is 0 Å². The molecule has 5 N–H and O–H groups in total. The van der Waals surface area contributed by atoms with Crippen LogP contribution < -0.4 is 11.5 Å². The molecule has 0 radical (unpaired) electrons. The fourth-order valence-corrected chi connectivity index (χ4v) is 0.221. The van der Waals surface area contributed by atoms with Gasteiger partial charge in [0.15, 0.2) is 0 Å². The number of hydrogen-bond donors (Lipinski definition) is 3. The highest BCUT2D eigenvalue weighted by Crippen LogP contribution is 1.88. The van der Waals surface area contributed by atoms with Crippen molar-refractivity contribution in [1.29, 1.82) is 0 Å². The molecule has 0 aliphatic carbocycles. The van der Waals surface area contributed by atoms with Crippen molar-refractivity contribution in [2.24, 2.45) is 11.5 Å². The second-order valence-corrected chi connectivity index (χ2v) is 2.38. The average molecular weight is 177 g/mol. The Morgan fingerprint density at radius 1 is 1.33 bits per heavy atom. The molecule has 2 amide bonds. The van der Waals surface area contributed by atoms with E-state index in [2.05, 4.69) is 11.5 Å². The van der Waals surface area contributed by atoms with E-state index in [4.69, 9.17) is 9.90 Å². The normalized spacial score (nSPS) is 11.3. The zero-order valence-electron chi connectivity index (χ0n) is 7.44. The summed E-state index contributed by atoms with van der Waals surface area (Å²) in [6.45, 7) is 1.64. The SMILES string of the molecule is C[C@@H](C(=O)O)N(C)C.NC(N)=O. The molecule has 0 heterocycles. The molecule has 0 aliphatic heterocycles. The summed E-state index contributed by atoms with van der Waals surface area (Å²) in [4.78, 5) is 20.7. The van der Waals surface area contributed by atoms with Crippen molar-refractivity contribution in [2.75, 3.05) is 14.1 Å². The zero-order valence-corrected chi connectivity index (χ0v) is 7.44. The number of rotatable bonds is 2. The number of urea groups is 1. The van der Waals surface area contributed by atoms with E-state index in [0.29, 0.717) is 0 Å². The van der Waals surface area contributed by atoms with Gasteiger partial charge >= 0.3 is 12.0 Å². The van der Waals surface area contributed by atoms with Crippen molar-refractivity contribution >= 4 is 12.0 Å². The maximum Gasteiger partial charge on any atom is 0.320 e. The summed E-state index contributed by atoms with van der Waals surface area (Å²) in [5, 5.41) is 8.31. The topological polar surface area (TPSA) is 110 Å². The lowest BCUT2D eigenvalue weighted by molar-refractivity contribution is -0.141. The molecule has 0 spiro atoms. The Morgan fingerprint density at radius 2 is 1.58 bits per heavy atom. The van der Waals surface area contributed by atoms with Crippen LogP contribution in [-0.4, -0.2) is 42.1 Å². The minimum absolute atomic E-state index is 0.380. The highest BCUT2D eigenvalue weighted by molar-refractivity contribution is 5.72. The summed E-state index contributed by atoms with van der Waals surface area (Å²) in [5.41, 5.74) is 8.50. The smallest absolute Gasteiger partial charge is 0.320 e. The van der Waals surface area contributed by atoms with Gasteiger partial charge in [-0.25, -0.2) is 4.79 Å². The summed E-state index contributed by atoms with van der Waals surface area (Å²) in [6.07, 6.45) is 0. The third-order valence-corrected chi connectivity index (χ3v) is 1.13. The second-order valence-electron chi connectivity index (χ2n) is 2.38. The fourth-order valence-electron chi connectivity index (χ4n) is 0.221. The molecule has 0 saturated carbocycles. The number of likely N-dealkylation sites (N-methyl/N-ethyl adjacent to an activating group) is 1. The van der Waals surface area contributed by atoms with E-state index in [1.165, 1.54) is 0 Å². The molecule has 72 valence electrons. The number of carboxylic acids is 1. The van der Waals surface area contributed by atoms with E-state index in [-0.39, 0.29) is 6.04 Å². The van der Waals surface area contributed by atoms with Gasteiger partial charge in [0, 0.05) is 0 Å². The number of nitrogens with two attached hydrogens (primary N) is 2. The van der Waals surface area contributed by atoms with Crippen LogP contribution in [0.4, 0.5) is 4.79 Å². The number of carbonyl (C=O) groups excluding carboxylic acids is 1. The largest absolute Gasteiger partial charge is 0.480 e. The zero-order chi connectivity index (χ0) is 10.3. The maximum atomic E-state index is 10.1. The molecule has 0 aromatic rings. The van der Waals surface area contributed by atoms with E-state index >= 15 is 0 Å². The van der Waals surface area contributed by atoms with Gasteiger partial charge in [-0.05, 0) is 21.0 Å². The van der Waals surface area contributed by atoms with Gasteiger partial charge in [-0.3, -0.25) is 9.69 Å². The summed E-state index contributed by atoms with van der Waals surface area (Å²) in [5.74, 6) is -0.782. The summed E-state index contributed by atoms with van der Waals surface area (Å²) >= 11 is 0. The number of carboxylic acid groups (broad SMARTS) is 1. The van der Waals surface area contributed by atoms with E-state index in [9.17, 15) is 4.79 Å². The number of carbonyl (C=O) groups is 2. The first-order valence-corrected chi connectivity index (χ1v) is 3.23. The predicted octanol–water partition coefficient (Wildman–Crippen LogP) is -0.955. The molecule has 0 unspecified atom stereocenters. The van der Waals surface area contributed by atoms with Crippen molar-refractivity contribution in [1.82, 2.24) is 4.90 Å². The molecule has 0 fully saturated rings. The van der Waals surface area contributed by atoms with Crippen molar-refractivity contribution < 1.29 is 14.7 Å². The van der Waals surface area contributed by atoms with Crippen molar-refractivity contribution in [2.45, 2.75) is 13.0 Å². The van der Waals surface area contributed by atoms with Crippen molar-refractivity contribution in [3.05, 3.63) is 0 Å². The predicted molar refractivity (Wildman–Crippen MR) is 44.6 cm³/mol. The highest BCUT2D eigenvalue weighted by atomic mass is 16.4. The van der Waals surface area contributed by atoms with E-state index in [1.54, 1.807) is 25.9 Å². The minimum atomic E-state index is -0.833. The molecule has 1 atom stereocenters. The number of primary amides is 2. The standard InChI is InChI=1S/C5H11NO2.CH4N2O/c1-4(5(7)8)6(2)3;2-1(3)4/h4H,1-3H3,(H,7,8);(H4,2,3,4)/t4-;/m0./s1. The Hall–Kier alpha value is -1.30. The first-order valence-electron chi connectivity index (χ1n) is 3.23. The lowest BCUT2D eigenvalue weighted by Crippen LogP contribution is -2.32. The van der Waals surface area contributed by atoms with Crippen LogP contribution in [-0.2, 0) is 4.79 Å². The van der Waals surface area contributed by atoms with Crippen LogP contribution in [0.3, 0.4) is 0 Å². The Labute approximate surface area is 71.1 Å². The van der Waals surface area contributed by atoms with E-state index < -0.39 is 12.0 Å². The molecule has 6 nitrogen and oxygen atoms in total. The molecule has 0 aromatic heterocycles. The van der Waals surface area contributed by atoms with Crippen LogP contribution in [0.25, 0.3) is 0 Å². The molecular weight excluding hydrogens is 162 g/mol. The molecular formula is C6H15N3O3. The third-order valence-electron chi connectivity index (χ3n) is 1.13. The first-order chi connectivity index (χ1) is 5.29. The number of aliphatic carboxylic acids is 1. The number of nitrogens with zero attached hydrogens (tertiary/aromatic N) is 1. The Bertz CT molecular complexity index is 154. The third kappa shape index (κ3) is 11.5. The van der Waals surface area contributed by atoms with Crippen LogP contribution in [0.1, 0.15) is 6.92 Å². The highest BCUT2D eigenvalue weighted by Gasteiger charge is 2.11. The Balaban J connectivity index is 0. The minimum Gasteiger partial charge on any atom is -0.480 e. The molecule has 0 bridgehead atoms. The lowest BCUT2D eigenvalue weighted by atomic mass is 10.3. The fraction of sp³-hybridized carbons (Fsp3) is 0.667. The van der Waals surface area contributed by atoms with Gasteiger partial charge in [0.05, 0.1) is 0 Å². The summed E-state index contributed by atoms with van der Waals surface area (Å²) in [7, 11) is 3.47. The molecule has 0 aliphatic rings. The quantitative estimate of drug-likeness (QED) is 0.504. The molecule has 6 heteroatoms. The van der Waals surface area contributed by atoms with Gasteiger partial charge in [-0.1, -0.05) is 0 Å². The van der Waals surface area contributed by atoms with Crippen LogP contribution in [0.5, 0.6) is 0 Å². The molecule has 0 aromatic carbocycles. The summed E-state index contributed by atoms with van der Waals surface area (Å²) < 4.78 is 0. The second kappa shape index (κ2) is 6.41. The van der Waals surface area contributed by atoms with Gasteiger partial charge in [-0.2, -0.15) is 0 Å². The van der Waals surface area contributed by atoms with Crippen molar-refractivity contribution in [3.63, 3.8) is 0 Å². The van der Waals surface area contributed by atoms with Gasteiger partial charge in [-0.15, -0.1) is 0 Å². The van der Waals surface area contributed by atoms with Gasteiger partial charge < -0.3 is 16.6 Å². The van der Waals surface area contributed by atoms with Crippen LogP contribution in [0, 0.1) is 0 Å². The van der Waals surface area contributed by atoms with Crippen LogP contribution in [0.15, 0.2) is 0 Å². The van der Waals surface area contributed by atoms with Crippen molar-refractivity contribution in [3.8, 4) is 0 Å². The Morgan fingerprint density at radius 3 is 1.58 bits per heavy atom. The molecule has 12 heavy (non-hydrogen) atoms. The molecule has 0 saturated heterocycles. The van der Waals surface area contributed by atoms with Gasteiger partial charge in [0.2, 0.25) is 0 Å². The summed E-state index contributed by atoms with van der Waals surface area (Å²) in [6, 6.07) is -1.21. The monoisotopic (exact) mass is 177 g/mol. The first kappa shape index (κ1) is 13.3. The van der Waals surface area contributed by atoms with Gasteiger partial charge in [0.25, 0.3) is 0 Å². The number of hydrogen-bond acceptors (Lipinski definition) is 3. The number of amides is 2. The lowest BCUT2D eigenvalue weighted by Gasteiger charge is -2.13. The maximum absolute atomic E-state index is 10.1. The molecule has 0 rings (SSSR count). The van der Waals surface area contributed by atoms with Crippen LogP contribution in [0.2, 0.25) is 0 Å². The van der Waals surface area contributed by atoms with E-state index in [1.807, 2.05) is 0 Å². The Kier molecular flexibility index (Phi) is 7.11. The average Bonchev–Trinajstić information content (AvgIpc) is 1.84. The van der Waals surface area contributed by atoms with E-state index in [0.717, 1.165) is 0 Å². The van der Waals surface area contributed by atoms with Gasteiger partial charge in [0.1, 0.15) is 6.04 Å².